The second-order valence-corrected chi connectivity index (χ2v) is 4.78. The topological polar surface area (TPSA) is 39.4 Å². The number of halogens is 1. The highest BCUT2D eigenvalue weighted by molar-refractivity contribution is 6.30. The van der Waals surface area contributed by atoms with E-state index in [0.29, 0.717) is 27.5 Å². The predicted molar refractivity (Wildman–Crippen MR) is 79.5 cm³/mol. The third-order valence-corrected chi connectivity index (χ3v) is 3.32. The minimum absolute atomic E-state index is 0.102. The summed E-state index contributed by atoms with van der Waals surface area (Å²) in [6.07, 6.45) is 0. The third-order valence-electron chi connectivity index (χ3n) is 3.06. The molecule has 0 spiro atoms. The van der Waals surface area contributed by atoms with Gasteiger partial charge in [0.15, 0.2) is 5.43 Å². The van der Waals surface area contributed by atoms with E-state index in [1.165, 1.54) is 6.07 Å². The average Bonchev–Trinajstić information content (AvgIpc) is 2.47. The molecule has 0 aliphatic rings. The van der Waals surface area contributed by atoms with E-state index in [1.54, 1.807) is 37.4 Å². The van der Waals surface area contributed by atoms with Crippen LogP contribution >= 0.6 is 11.6 Å². The Bertz CT molecular complexity index is 819. The zero-order chi connectivity index (χ0) is 14.1. The Morgan fingerprint density at radius 2 is 1.80 bits per heavy atom. The molecular formula is C16H11ClO3. The van der Waals surface area contributed by atoms with Crippen LogP contribution in [-0.4, -0.2) is 7.11 Å². The lowest BCUT2D eigenvalue weighted by Gasteiger charge is -2.05. The highest BCUT2D eigenvalue weighted by Crippen LogP contribution is 2.25. The summed E-state index contributed by atoms with van der Waals surface area (Å²) >= 11 is 5.85. The largest absolute Gasteiger partial charge is 0.497 e. The molecular weight excluding hydrogens is 276 g/mol. The van der Waals surface area contributed by atoms with Crippen molar-refractivity contribution in [2.45, 2.75) is 0 Å². The summed E-state index contributed by atoms with van der Waals surface area (Å²) in [5.74, 6) is 1.15. The van der Waals surface area contributed by atoms with E-state index in [2.05, 4.69) is 0 Å². The van der Waals surface area contributed by atoms with Crippen LogP contribution in [0.2, 0.25) is 5.02 Å². The SMILES string of the molecule is COc1ccc2oc(-c3ccc(Cl)cc3)cc(=O)c2c1. The molecule has 0 amide bonds. The van der Waals surface area contributed by atoms with Gasteiger partial charge in [0, 0.05) is 16.7 Å². The number of fused-ring (bicyclic) bond motifs is 1. The Balaban J connectivity index is 2.19. The van der Waals surface area contributed by atoms with Crippen LogP contribution < -0.4 is 10.2 Å². The van der Waals surface area contributed by atoms with Crippen molar-refractivity contribution >= 4 is 22.6 Å². The molecule has 0 bridgehead atoms. The molecule has 2 aromatic carbocycles. The first kappa shape index (κ1) is 12.8. The molecule has 0 fully saturated rings. The van der Waals surface area contributed by atoms with E-state index in [0.717, 1.165) is 5.56 Å². The van der Waals surface area contributed by atoms with Crippen molar-refractivity contribution in [2.24, 2.45) is 0 Å². The first-order valence-electron chi connectivity index (χ1n) is 6.05. The van der Waals surface area contributed by atoms with Gasteiger partial charge < -0.3 is 9.15 Å². The molecule has 1 heterocycles. The van der Waals surface area contributed by atoms with Crippen LogP contribution in [0.3, 0.4) is 0 Å². The number of benzene rings is 2. The van der Waals surface area contributed by atoms with Gasteiger partial charge in [-0.15, -0.1) is 0 Å². The summed E-state index contributed by atoms with van der Waals surface area (Å²) in [4.78, 5) is 12.2. The molecule has 0 saturated carbocycles. The highest BCUT2D eigenvalue weighted by Gasteiger charge is 2.08. The Kier molecular flexibility index (Phi) is 3.20. The molecule has 0 unspecified atom stereocenters. The van der Waals surface area contributed by atoms with E-state index in [9.17, 15) is 4.79 Å². The number of hydrogen-bond donors (Lipinski definition) is 0. The fourth-order valence-electron chi connectivity index (χ4n) is 2.02. The van der Waals surface area contributed by atoms with Crippen LogP contribution in [0.25, 0.3) is 22.3 Å². The van der Waals surface area contributed by atoms with E-state index in [1.807, 2.05) is 12.1 Å². The van der Waals surface area contributed by atoms with Crippen LogP contribution in [0.15, 0.2) is 57.7 Å². The van der Waals surface area contributed by atoms with Gasteiger partial charge in [-0.3, -0.25) is 4.79 Å². The maximum Gasteiger partial charge on any atom is 0.193 e. The van der Waals surface area contributed by atoms with E-state index < -0.39 is 0 Å². The maximum atomic E-state index is 12.2. The molecule has 3 nitrogen and oxygen atoms in total. The van der Waals surface area contributed by atoms with Crippen molar-refractivity contribution in [1.29, 1.82) is 0 Å². The molecule has 0 aliphatic carbocycles. The van der Waals surface area contributed by atoms with Gasteiger partial charge in [0.05, 0.1) is 12.5 Å². The predicted octanol–water partition coefficient (Wildman–Crippen LogP) is 4.12. The minimum Gasteiger partial charge on any atom is -0.497 e. The van der Waals surface area contributed by atoms with Crippen LogP contribution in [0.4, 0.5) is 0 Å². The van der Waals surface area contributed by atoms with Crippen molar-refractivity contribution in [3.8, 4) is 17.1 Å². The van der Waals surface area contributed by atoms with Crippen LogP contribution in [0.5, 0.6) is 5.75 Å². The fraction of sp³-hybridized carbons (Fsp3) is 0.0625. The number of hydrogen-bond acceptors (Lipinski definition) is 3. The zero-order valence-corrected chi connectivity index (χ0v) is 11.5. The Morgan fingerprint density at radius 1 is 1.05 bits per heavy atom. The second kappa shape index (κ2) is 5.02. The number of ether oxygens (including phenoxy) is 1. The molecule has 0 saturated heterocycles. The van der Waals surface area contributed by atoms with Crippen LogP contribution in [0, 0.1) is 0 Å². The Labute approximate surface area is 120 Å². The summed E-state index contributed by atoms with van der Waals surface area (Å²) in [5.41, 5.74) is 1.24. The molecule has 20 heavy (non-hydrogen) atoms. The third kappa shape index (κ3) is 2.28. The number of rotatable bonds is 2. The molecule has 0 aliphatic heterocycles. The first-order chi connectivity index (χ1) is 9.67. The molecule has 0 N–H and O–H groups in total. The summed E-state index contributed by atoms with van der Waals surface area (Å²) in [6.45, 7) is 0. The lowest BCUT2D eigenvalue weighted by atomic mass is 10.1. The summed E-state index contributed by atoms with van der Waals surface area (Å²) in [5, 5.41) is 1.14. The normalized spacial score (nSPS) is 10.7. The summed E-state index contributed by atoms with van der Waals surface area (Å²) in [6, 6.07) is 13.8. The monoisotopic (exact) mass is 286 g/mol. The van der Waals surface area contributed by atoms with Gasteiger partial charge in [0.2, 0.25) is 0 Å². The fourth-order valence-corrected chi connectivity index (χ4v) is 2.14. The van der Waals surface area contributed by atoms with Gasteiger partial charge in [-0.2, -0.15) is 0 Å². The average molecular weight is 287 g/mol. The lowest BCUT2D eigenvalue weighted by molar-refractivity contribution is 0.415. The van der Waals surface area contributed by atoms with Crippen LogP contribution in [0.1, 0.15) is 0 Å². The van der Waals surface area contributed by atoms with Gasteiger partial charge in [0.25, 0.3) is 0 Å². The van der Waals surface area contributed by atoms with Crippen molar-refractivity contribution < 1.29 is 9.15 Å². The molecule has 0 radical (unpaired) electrons. The van der Waals surface area contributed by atoms with Gasteiger partial charge in [0.1, 0.15) is 17.1 Å². The molecule has 100 valence electrons. The molecule has 3 aromatic rings. The Morgan fingerprint density at radius 3 is 2.50 bits per heavy atom. The van der Waals surface area contributed by atoms with E-state index >= 15 is 0 Å². The van der Waals surface area contributed by atoms with Crippen LogP contribution in [-0.2, 0) is 0 Å². The standard InChI is InChI=1S/C16H11ClO3/c1-19-12-6-7-15-13(8-12)14(18)9-16(20-15)10-2-4-11(17)5-3-10/h2-9H,1H3. The molecule has 1 aromatic heterocycles. The zero-order valence-electron chi connectivity index (χ0n) is 10.7. The molecule has 0 atom stereocenters. The number of methoxy groups -OCH3 is 1. The lowest BCUT2D eigenvalue weighted by Crippen LogP contribution is -2.00. The van der Waals surface area contributed by atoms with Crippen molar-refractivity contribution in [2.75, 3.05) is 7.11 Å². The van der Waals surface area contributed by atoms with Gasteiger partial charge >= 0.3 is 0 Å². The van der Waals surface area contributed by atoms with Gasteiger partial charge in [-0.25, -0.2) is 0 Å². The Hall–Kier alpha value is -2.26. The van der Waals surface area contributed by atoms with Gasteiger partial charge in [-0.05, 0) is 42.5 Å². The second-order valence-electron chi connectivity index (χ2n) is 4.34. The minimum atomic E-state index is -0.102. The molecule has 3 rings (SSSR count). The smallest absolute Gasteiger partial charge is 0.193 e. The van der Waals surface area contributed by atoms with E-state index in [-0.39, 0.29) is 5.43 Å². The van der Waals surface area contributed by atoms with Crippen molar-refractivity contribution in [3.05, 3.63) is 63.8 Å². The molecule has 4 heteroatoms. The van der Waals surface area contributed by atoms with Crippen molar-refractivity contribution in [3.63, 3.8) is 0 Å². The summed E-state index contributed by atoms with van der Waals surface area (Å²) < 4.78 is 10.9. The first-order valence-corrected chi connectivity index (χ1v) is 6.43. The highest BCUT2D eigenvalue weighted by atomic mass is 35.5. The van der Waals surface area contributed by atoms with Crippen molar-refractivity contribution in [1.82, 2.24) is 0 Å². The quantitative estimate of drug-likeness (QED) is 0.711. The van der Waals surface area contributed by atoms with E-state index in [4.69, 9.17) is 20.8 Å². The maximum absolute atomic E-state index is 12.2. The summed E-state index contributed by atoms with van der Waals surface area (Å²) in [7, 11) is 1.56. The van der Waals surface area contributed by atoms with Gasteiger partial charge in [-0.1, -0.05) is 11.6 Å².